The van der Waals surface area contributed by atoms with Crippen molar-refractivity contribution in [2.24, 2.45) is 5.10 Å². The lowest BCUT2D eigenvalue weighted by Crippen LogP contribution is -2.37. The van der Waals surface area contributed by atoms with E-state index in [-0.39, 0.29) is 5.69 Å². The van der Waals surface area contributed by atoms with Crippen LogP contribution in [-0.4, -0.2) is 29.5 Å². The highest BCUT2D eigenvalue weighted by Gasteiger charge is 2.10. The Hall–Kier alpha value is -2.77. The maximum Gasteiger partial charge on any atom is 0.329 e. The largest absolute Gasteiger partial charge is 0.348 e. The fourth-order valence-corrected chi connectivity index (χ4v) is 1.14. The van der Waals surface area contributed by atoms with Gasteiger partial charge in [0.15, 0.2) is 0 Å². The van der Waals surface area contributed by atoms with Crippen molar-refractivity contribution in [1.29, 1.82) is 0 Å². The molecule has 2 amide bonds. The van der Waals surface area contributed by atoms with E-state index >= 15 is 0 Å². The molecule has 1 rings (SSSR count). The van der Waals surface area contributed by atoms with Gasteiger partial charge in [0.05, 0.1) is 11.1 Å². The normalized spacial score (nSPS) is 10.2. The summed E-state index contributed by atoms with van der Waals surface area (Å²) in [5.41, 5.74) is 2.56. The van der Waals surface area contributed by atoms with Gasteiger partial charge in [-0.05, 0) is 24.6 Å². The molecule has 0 saturated heterocycles. The van der Waals surface area contributed by atoms with Crippen LogP contribution in [0, 0.1) is 10.1 Å². The van der Waals surface area contributed by atoms with Crippen LogP contribution in [0.25, 0.3) is 0 Å². The van der Waals surface area contributed by atoms with E-state index in [4.69, 9.17) is 0 Å². The number of benzene rings is 1. The molecule has 1 aromatic rings. The van der Waals surface area contributed by atoms with Crippen molar-refractivity contribution in [3.8, 4) is 0 Å². The number of hydrogen-bond donors (Lipinski definition) is 2. The number of hydrogen-bond acceptors (Lipinski definition) is 5. The molecule has 0 atom stereocenters. The van der Waals surface area contributed by atoms with Crippen LogP contribution in [0.3, 0.4) is 0 Å². The predicted molar refractivity (Wildman–Crippen MR) is 67.5 cm³/mol. The number of hydrazone groups is 1. The molecular formula is C11H12N4O4. The minimum absolute atomic E-state index is 0.0384. The van der Waals surface area contributed by atoms with Crippen LogP contribution >= 0.6 is 0 Å². The van der Waals surface area contributed by atoms with Gasteiger partial charge in [0.2, 0.25) is 0 Å². The number of amides is 2. The summed E-state index contributed by atoms with van der Waals surface area (Å²) in [6.45, 7) is 2.03. The first-order chi connectivity index (χ1) is 9.04. The van der Waals surface area contributed by atoms with Crippen molar-refractivity contribution in [2.45, 2.75) is 6.92 Å². The molecule has 100 valence electrons. The summed E-state index contributed by atoms with van der Waals surface area (Å²) in [7, 11) is 0. The monoisotopic (exact) mass is 264 g/mol. The van der Waals surface area contributed by atoms with Gasteiger partial charge < -0.3 is 5.32 Å². The lowest BCUT2D eigenvalue weighted by atomic mass is 10.2. The molecule has 0 aliphatic rings. The van der Waals surface area contributed by atoms with Crippen molar-refractivity contribution < 1.29 is 14.5 Å². The summed E-state index contributed by atoms with van der Waals surface area (Å²) >= 11 is 0. The number of nitrogens with one attached hydrogen (secondary N) is 2. The second-order valence-corrected chi connectivity index (χ2v) is 3.41. The van der Waals surface area contributed by atoms with Crippen LogP contribution in [0.1, 0.15) is 12.5 Å². The van der Waals surface area contributed by atoms with Gasteiger partial charge in [0.25, 0.3) is 5.69 Å². The Kier molecular flexibility index (Phi) is 5.15. The van der Waals surface area contributed by atoms with Crippen molar-refractivity contribution >= 4 is 23.7 Å². The van der Waals surface area contributed by atoms with Crippen LogP contribution in [0.5, 0.6) is 0 Å². The molecule has 0 aliphatic heterocycles. The molecule has 8 heteroatoms. The minimum Gasteiger partial charge on any atom is -0.348 e. The standard InChI is InChI=1S/C11H12N4O4/c1-2-12-10(16)11(17)14-13-7-8-3-5-9(6-4-8)15(18)19/h3-7H,2H2,1H3,(H,12,16)(H,14,17)/b13-7-. The Morgan fingerprint density at radius 3 is 2.47 bits per heavy atom. The lowest BCUT2D eigenvalue weighted by Gasteiger charge is -1.99. The van der Waals surface area contributed by atoms with Crippen molar-refractivity contribution in [3.63, 3.8) is 0 Å². The highest BCUT2D eigenvalue weighted by molar-refractivity contribution is 6.35. The first-order valence-corrected chi connectivity index (χ1v) is 5.40. The van der Waals surface area contributed by atoms with E-state index in [9.17, 15) is 19.7 Å². The summed E-state index contributed by atoms with van der Waals surface area (Å²) in [6.07, 6.45) is 1.28. The van der Waals surface area contributed by atoms with Crippen LogP contribution in [0.2, 0.25) is 0 Å². The molecule has 0 radical (unpaired) electrons. The van der Waals surface area contributed by atoms with E-state index in [1.165, 1.54) is 30.5 Å². The quantitative estimate of drug-likeness (QED) is 0.349. The number of carbonyl (C=O) groups is 2. The van der Waals surface area contributed by atoms with E-state index in [1.807, 2.05) is 5.43 Å². The minimum atomic E-state index is -0.875. The molecule has 1 aromatic carbocycles. The SMILES string of the molecule is CCNC(=O)C(=O)N/N=C\c1ccc([N+](=O)[O-])cc1. The fraction of sp³-hybridized carbons (Fsp3) is 0.182. The van der Waals surface area contributed by atoms with Crippen LogP contribution in [0.4, 0.5) is 5.69 Å². The number of nitro benzene ring substituents is 1. The van der Waals surface area contributed by atoms with Crippen LogP contribution in [0.15, 0.2) is 29.4 Å². The first kappa shape index (κ1) is 14.3. The second kappa shape index (κ2) is 6.84. The summed E-state index contributed by atoms with van der Waals surface area (Å²) in [6, 6.07) is 5.57. The molecule has 0 spiro atoms. The second-order valence-electron chi connectivity index (χ2n) is 3.41. The third kappa shape index (κ3) is 4.54. The molecule has 0 bridgehead atoms. The highest BCUT2D eigenvalue weighted by Crippen LogP contribution is 2.10. The van der Waals surface area contributed by atoms with E-state index in [1.54, 1.807) is 6.92 Å². The Balaban J connectivity index is 2.55. The number of rotatable bonds is 4. The first-order valence-electron chi connectivity index (χ1n) is 5.40. The molecular weight excluding hydrogens is 252 g/mol. The Labute approximate surface area is 108 Å². The molecule has 0 saturated carbocycles. The number of nitro groups is 1. The van der Waals surface area contributed by atoms with Crippen molar-refractivity contribution in [1.82, 2.24) is 10.7 Å². The molecule has 8 nitrogen and oxygen atoms in total. The maximum absolute atomic E-state index is 11.1. The van der Waals surface area contributed by atoms with E-state index in [0.29, 0.717) is 12.1 Å². The number of carbonyl (C=O) groups excluding carboxylic acids is 2. The lowest BCUT2D eigenvalue weighted by molar-refractivity contribution is -0.384. The zero-order chi connectivity index (χ0) is 14.3. The van der Waals surface area contributed by atoms with Gasteiger partial charge in [0.1, 0.15) is 0 Å². The van der Waals surface area contributed by atoms with Crippen LogP contribution < -0.4 is 10.7 Å². The zero-order valence-electron chi connectivity index (χ0n) is 10.1. The predicted octanol–water partition coefficient (Wildman–Crippen LogP) is 0.181. The number of nitrogens with zero attached hydrogens (tertiary/aromatic N) is 2. The Morgan fingerprint density at radius 1 is 1.32 bits per heavy atom. The molecule has 0 fully saturated rings. The van der Waals surface area contributed by atoms with Gasteiger partial charge in [-0.3, -0.25) is 19.7 Å². The van der Waals surface area contributed by atoms with E-state index in [0.717, 1.165) is 0 Å². The van der Waals surface area contributed by atoms with Gasteiger partial charge in [-0.2, -0.15) is 5.10 Å². The van der Waals surface area contributed by atoms with E-state index < -0.39 is 16.7 Å². The maximum atomic E-state index is 11.1. The smallest absolute Gasteiger partial charge is 0.329 e. The summed E-state index contributed by atoms with van der Waals surface area (Å²) in [4.78, 5) is 32.1. The summed E-state index contributed by atoms with van der Waals surface area (Å²) in [5.74, 6) is -1.65. The number of likely N-dealkylation sites (N-methyl/N-ethyl adjacent to an activating group) is 1. The third-order valence-corrected chi connectivity index (χ3v) is 2.03. The van der Waals surface area contributed by atoms with Gasteiger partial charge in [-0.25, -0.2) is 5.43 Å². The van der Waals surface area contributed by atoms with Crippen molar-refractivity contribution in [2.75, 3.05) is 6.54 Å². The van der Waals surface area contributed by atoms with Gasteiger partial charge in [0, 0.05) is 18.7 Å². The van der Waals surface area contributed by atoms with E-state index in [2.05, 4.69) is 10.4 Å². The third-order valence-electron chi connectivity index (χ3n) is 2.03. The molecule has 0 aromatic heterocycles. The van der Waals surface area contributed by atoms with Crippen LogP contribution in [-0.2, 0) is 9.59 Å². The highest BCUT2D eigenvalue weighted by atomic mass is 16.6. The Morgan fingerprint density at radius 2 is 1.95 bits per heavy atom. The van der Waals surface area contributed by atoms with Gasteiger partial charge in [-0.15, -0.1) is 0 Å². The van der Waals surface area contributed by atoms with Crippen molar-refractivity contribution in [3.05, 3.63) is 39.9 Å². The topological polar surface area (TPSA) is 114 Å². The molecule has 19 heavy (non-hydrogen) atoms. The average molecular weight is 264 g/mol. The van der Waals surface area contributed by atoms with Gasteiger partial charge in [-0.1, -0.05) is 0 Å². The Bertz CT molecular complexity index is 510. The zero-order valence-corrected chi connectivity index (χ0v) is 10.1. The molecule has 0 heterocycles. The van der Waals surface area contributed by atoms with Gasteiger partial charge >= 0.3 is 11.8 Å². The molecule has 2 N–H and O–H groups in total. The molecule has 0 aliphatic carbocycles. The fourth-order valence-electron chi connectivity index (χ4n) is 1.14. The molecule has 0 unspecified atom stereocenters. The number of non-ortho nitro benzene ring substituents is 1. The summed E-state index contributed by atoms with van der Waals surface area (Å²) in [5, 5.41) is 16.3. The average Bonchev–Trinajstić information content (AvgIpc) is 2.39. The summed E-state index contributed by atoms with van der Waals surface area (Å²) < 4.78 is 0.